The Morgan fingerprint density at radius 3 is 2.40 bits per heavy atom. The van der Waals surface area contributed by atoms with E-state index in [9.17, 15) is 19.4 Å². The highest BCUT2D eigenvalue weighted by Crippen LogP contribution is 2.41. The number of rotatable bonds is 9. The van der Waals surface area contributed by atoms with Crippen molar-refractivity contribution >= 4 is 16.7 Å². The van der Waals surface area contributed by atoms with E-state index in [0.717, 1.165) is 42.2 Å². The molecule has 0 spiro atoms. The number of aliphatic hydroxyl groups is 1. The Kier molecular flexibility index (Phi) is 8.17. The summed E-state index contributed by atoms with van der Waals surface area (Å²) in [5, 5.41) is 21.4. The molecule has 5 rings (SSSR count). The predicted molar refractivity (Wildman–Crippen MR) is 151 cm³/mol. The summed E-state index contributed by atoms with van der Waals surface area (Å²) in [4.78, 5) is 12.1. The lowest BCUT2D eigenvalue weighted by atomic mass is 9.78. The van der Waals surface area contributed by atoms with Crippen LogP contribution in [-0.2, 0) is 28.3 Å². The summed E-state index contributed by atoms with van der Waals surface area (Å²) in [6.45, 7) is -0.140. The van der Waals surface area contributed by atoms with Crippen molar-refractivity contribution in [3.05, 3.63) is 101 Å². The van der Waals surface area contributed by atoms with Gasteiger partial charge in [-0.25, -0.2) is 9.18 Å². The van der Waals surface area contributed by atoms with Gasteiger partial charge in [-0.05, 0) is 95.1 Å². The quantitative estimate of drug-likeness (QED) is 0.240. The van der Waals surface area contributed by atoms with Crippen molar-refractivity contribution in [1.82, 2.24) is 0 Å². The van der Waals surface area contributed by atoms with E-state index in [1.54, 1.807) is 38.5 Å². The molecule has 1 aliphatic rings. The smallest absolute Gasteiger partial charge is 0.336 e. The molecule has 0 amide bonds. The maximum absolute atomic E-state index is 13.6. The summed E-state index contributed by atoms with van der Waals surface area (Å²) in [6, 6.07) is 21.1. The van der Waals surface area contributed by atoms with Gasteiger partial charge >= 0.3 is 5.97 Å². The zero-order valence-electron chi connectivity index (χ0n) is 22.7. The number of carbonyl (C=O) groups is 1. The highest BCUT2D eigenvalue weighted by molar-refractivity contribution is 6.05. The largest absolute Gasteiger partial charge is 0.489 e. The van der Waals surface area contributed by atoms with Crippen LogP contribution in [0.5, 0.6) is 5.75 Å². The van der Waals surface area contributed by atoms with Crippen molar-refractivity contribution < 1.29 is 33.6 Å². The second-order valence-corrected chi connectivity index (χ2v) is 10.3. The van der Waals surface area contributed by atoms with Crippen LogP contribution in [-0.4, -0.2) is 36.5 Å². The van der Waals surface area contributed by atoms with Gasteiger partial charge in [0.15, 0.2) is 0 Å². The first-order valence-corrected chi connectivity index (χ1v) is 13.4. The van der Waals surface area contributed by atoms with E-state index < -0.39 is 18.4 Å². The van der Waals surface area contributed by atoms with Crippen LogP contribution in [0.15, 0.2) is 72.8 Å². The monoisotopic (exact) mass is 544 g/mol. The van der Waals surface area contributed by atoms with Gasteiger partial charge < -0.3 is 24.4 Å². The van der Waals surface area contributed by atoms with Gasteiger partial charge in [0.1, 0.15) is 18.2 Å². The molecule has 0 aliphatic heterocycles. The van der Waals surface area contributed by atoms with Crippen LogP contribution >= 0.6 is 0 Å². The molecule has 0 bridgehead atoms. The minimum absolute atomic E-state index is 0.00719. The Balaban J connectivity index is 1.44. The van der Waals surface area contributed by atoms with E-state index in [2.05, 4.69) is 12.1 Å². The molecule has 4 aromatic carbocycles. The molecular weight excluding hydrogens is 511 g/mol. The number of fused-ring (bicyclic) bond motifs is 1. The number of carboxylic acids is 1. The molecule has 1 aliphatic carbocycles. The van der Waals surface area contributed by atoms with Crippen LogP contribution in [0.1, 0.15) is 52.7 Å². The standard InChI is InChI=1S/C33H33FO6/c1-38-26-12-14-33(39-2,15-13-26)24-5-3-4-21(16-24)20-40-27-10-11-28-23(17-27)18-29(32(36)37)30(19-35)31(28)22-6-8-25(34)9-7-22/h3-11,16-18,26,35H,12-15,19-20H2,1-2H3,(H,36,37). The third-order valence-electron chi connectivity index (χ3n) is 8.06. The number of benzene rings is 4. The van der Waals surface area contributed by atoms with Gasteiger partial charge in [-0.2, -0.15) is 0 Å². The number of ether oxygens (including phenoxy) is 3. The first-order valence-electron chi connectivity index (χ1n) is 13.4. The Bertz CT molecular complexity index is 1510. The lowest BCUT2D eigenvalue weighted by molar-refractivity contribution is -0.0762. The Hall–Kier alpha value is -3.78. The summed E-state index contributed by atoms with van der Waals surface area (Å²) in [7, 11) is 3.52. The van der Waals surface area contributed by atoms with Crippen molar-refractivity contribution in [1.29, 1.82) is 0 Å². The summed E-state index contributed by atoms with van der Waals surface area (Å²) in [5.74, 6) is -0.964. The van der Waals surface area contributed by atoms with Crippen molar-refractivity contribution in [2.45, 2.75) is 50.6 Å². The van der Waals surface area contributed by atoms with Crippen LogP contribution in [0, 0.1) is 5.82 Å². The zero-order valence-corrected chi connectivity index (χ0v) is 22.7. The molecule has 7 heteroatoms. The van der Waals surface area contributed by atoms with E-state index in [1.165, 1.54) is 12.1 Å². The number of aliphatic hydroxyl groups excluding tert-OH is 1. The number of halogens is 1. The second-order valence-electron chi connectivity index (χ2n) is 10.3. The summed E-state index contributed by atoms with van der Waals surface area (Å²) < 4.78 is 31.4. The van der Waals surface area contributed by atoms with Gasteiger partial charge in [-0.15, -0.1) is 0 Å². The molecule has 2 N–H and O–H groups in total. The second kappa shape index (κ2) is 11.8. The normalized spacial score (nSPS) is 19.1. The molecule has 1 fully saturated rings. The van der Waals surface area contributed by atoms with E-state index in [4.69, 9.17) is 14.2 Å². The van der Waals surface area contributed by atoms with Crippen molar-refractivity contribution in [3.63, 3.8) is 0 Å². The van der Waals surface area contributed by atoms with Crippen molar-refractivity contribution in [3.8, 4) is 16.9 Å². The van der Waals surface area contributed by atoms with E-state index in [-0.39, 0.29) is 22.8 Å². The SMILES string of the molecule is COC1CCC(OC)(c2cccc(COc3ccc4c(-c5ccc(F)cc5)c(CO)c(C(=O)O)cc4c3)c2)CC1. The highest BCUT2D eigenvalue weighted by Gasteiger charge is 2.37. The van der Waals surface area contributed by atoms with Crippen LogP contribution in [0.3, 0.4) is 0 Å². The maximum Gasteiger partial charge on any atom is 0.336 e. The van der Waals surface area contributed by atoms with Crippen LogP contribution < -0.4 is 4.74 Å². The topological polar surface area (TPSA) is 85.2 Å². The fourth-order valence-electron chi connectivity index (χ4n) is 5.83. The number of aromatic carboxylic acids is 1. The Morgan fingerprint density at radius 1 is 1.00 bits per heavy atom. The maximum atomic E-state index is 13.6. The molecule has 40 heavy (non-hydrogen) atoms. The van der Waals surface area contributed by atoms with Crippen molar-refractivity contribution in [2.24, 2.45) is 0 Å². The first-order chi connectivity index (χ1) is 19.4. The number of hydrogen-bond acceptors (Lipinski definition) is 5. The molecule has 208 valence electrons. The summed E-state index contributed by atoms with van der Waals surface area (Å²) in [5.41, 5.74) is 3.23. The van der Waals surface area contributed by atoms with Gasteiger partial charge in [0.05, 0.1) is 23.9 Å². The third kappa shape index (κ3) is 5.45. The fourth-order valence-corrected chi connectivity index (χ4v) is 5.83. The highest BCUT2D eigenvalue weighted by atomic mass is 19.1. The minimum Gasteiger partial charge on any atom is -0.489 e. The Morgan fingerprint density at radius 2 is 1.75 bits per heavy atom. The van der Waals surface area contributed by atoms with E-state index in [0.29, 0.717) is 28.9 Å². The fraction of sp³-hybridized carbons (Fsp3) is 0.303. The average molecular weight is 545 g/mol. The van der Waals surface area contributed by atoms with Gasteiger partial charge in [-0.1, -0.05) is 36.4 Å². The van der Waals surface area contributed by atoms with Crippen LogP contribution in [0.4, 0.5) is 4.39 Å². The molecule has 0 radical (unpaired) electrons. The minimum atomic E-state index is -1.15. The molecule has 6 nitrogen and oxygen atoms in total. The molecule has 4 aromatic rings. The predicted octanol–water partition coefficient (Wildman–Crippen LogP) is 6.85. The summed E-state index contributed by atoms with van der Waals surface area (Å²) in [6.07, 6.45) is 3.92. The van der Waals surface area contributed by atoms with E-state index >= 15 is 0 Å². The number of methoxy groups -OCH3 is 2. The van der Waals surface area contributed by atoms with Crippen LogP contribution in [0.2, 0.25) is 0 Å². The number of carboxylic acid groups (broad SMARTS) is 1. The van der Waals surface area contributed by atoms with E-state index in [1.807, 2.05) is 24.3 Å². The average Bonchev–Trinajstić information content (AvgIpc) is 2.99. The lowest BCUT2D eigenvalue weighted by Gasteiger charge is -2.39. The van der Waals surface area contributed by atoms with Crippen LogP contribution in [0.25, 0.3) is 21.9 Å². The molecular formula is C33H33FO6. The number of hydrogen-bond donors (Lipinski definition) is 2. The molecule has 0 aromatic heterocycles. The lowest BCUT2D eigenvalue weighted by Crippen LogP contribution is -2.36. The van der Waals surface area contributed by atoms with Gasteiger partial charge in [0.25, 0.3) is 0 Å². The molecule has 1 saturated carbocycles. The third-order valence-corrected chi connectivity index (χ3v) is 8.06. The summed E-state index contributed by atoms with van der Waals surface area (Å²) >= 11 is 0. The molecule has 0 saturated heterocycles. The van der Waals surface area contributed by atoms with Gasteiger partial charge in [-0.3, -0.25) is 0 Å². The van der Waals surface area contributed by atoms with Gasteiger partial charge in [0, 0.05) is 19.8 Å². The first kappa shape index (κ1) is 27.8. The molecule has 0 unspecified atom stereocenters. The zero-order chi connectivity index (χ0) is 28.3. The molecule has 0 heterocycles. The van der Waals surface area contributed by atoms with Crippen molar-refractivity contribution in [2.75, 3.05) is 14.2 Å². The van der Waals surface area contributed by atoms with Gasteiger partial charge in [0.2, 0.25) is 0 Å². The Labute approximate surface area is 232 Å². The molecule has 0 atom stereocenters.